The third kappa shape index (κ3) is 2.11. The highest BCUT2D eigenvalue weighted by molar-refractivity contribution is 7.19. The molecular formula is C20H17NS. The quantitative estimate of drug-likeness (QED) is 0.417. The van der Waals surface area contributed by atoms with Crippen molar-refractivity contribution in [2.45, 2.75) is 20.8 Å². The van der Waals surface area contributed by atoms with E-state index in [1.807, 2.05) is 11.3 Å². The fraction of sp³-hybridized carbons (Fsp3) is 0.150. The lowest BCUT2D eigenvalue weighted by Crippen LogP contribution is -1.88. The van der Waals surface area contributed by atoms with Crippen LogP contribution < -0.4 is 0 Å². The Bertz CT molecular complexity index is 991. The molecule has 2 heteroatoms. The molecule has 0 spiro atoms. The predicted molar refractivity (Wildman–Crippen MR) is 96.8 cm³/mol. The lowest BCUT2D eigenvalue weighted by atomic mass is 10.0. The van der Waals surface area contributed by atoms with Crippen LogP contribution in [0.5, 0.6) is 0 Å². The van der Waals surface area contributed by atoms with Crippen molar-refractivity contribution in [3.05, 3.63) is 64.5 Å². The number of pyridine rings is 1. The van der Waals surface area contributed by atoms with Gasteiger partial charge in [0, 0.05) is 21.2 Å². The van der Waals surface area contributed by atoms with Gasteiger partial charge in [-0.2, -0.15) is 0 Å². The third-order valence-corrected chi connectivity index (χ3v) is 5.05. The summed E-state index contributed by atoms with van der Waals surface area (Å²) in [5.41, 5.74) is 5.97. The average molecular weight is 303 g/mol. The summed E-state index contributed by atoms with van der Waals surface area (Å²) in [6.07, 6.45) is 0. The molecule has 0 unspecified atom stereocenters. The molecule has 0 N–H and O–H groups in total. The fourth-order valence-corrected chi connectivity index (χ4v) is 4.21. The van der Waals surface area contributed by atoms with Crippen molar-refractivity contribution >= 4 is 32.3 Å². The van der Waals surface area contributed by atoms with Crippen molar-refractivity contribution in [1.29, 1.82) is 0 Å². The van der Waals surface area contributed by atoms with Crippen LogP contribution in [0.3, 0.4) is 0 Å². The number of para-hydroxylation sites is 1. The molecule has 2 aromatic heterocycles. The highest BCUT2D eigenvalue weighted by Gasteiger charge is 2.13. The van der Waals surface area contributed by atoms with Gasteiger partial charge in [-0.05, 0) is 45.0 Å². The summed E-state index contributed by atoms with van der Waals surface area (Å²) in [7, 11) is 0. The molecule has 0 fully saturated rings. The van der Waals surface area contributed by atoms with Gasteiger partial charge in [-0.3, -0.25) is 0 Å². The van der Waals surface area contributed by atoms with Crippen LogP contribution in [-0.2, 0) is 0 Å². The first kappa shape index (κ1) is 13.5. The number of aromatic nitrogens is 1. The first-order valence-electron chi connectivity index (χ1n) is 7.49. The van der Waals surface area contributed by atoms with Crippen LogP contribution in [0.4, 0.5) is 0 Å². The number of hydrogen-bond donors (Lipinski definition) is 0. The van der Waals surface area contributed by atoms with E-state index in [0.29, 0.717) is 0 Å². The smallest absolute Gasteiger partial charge is 0.0888 e. The van der Waals surface area contributed by atoms with Gasteiger partial charge in [-0.25, -0.2) is 4.98 Å². The Kier molecular flexibility index (Phi) is 3.02. The molecule has 4 aromatic rings. The third-order valence-electron chi connectivity index (χ3n) is 3.99. The Morgan fingerprint density at radius 1 is 0.818 bits per heavy atom. The van der Waals surface area contributed by atoms with Crippen LogP contribution in [0, 0.1) is 20.8 Å². The zero-order valence-corrected chi connectivity index (χ0v) is 13.8. The van der Waals surface area contributed by atoms with Crippen LogP contribution in [0.15, 0.2) is 48.5 Å². The highest BCUT2D eigenvalue weighted by Crippen LogP contribution is 2.38. The van der Waals surface area contributed by atoms with Gasteiger partial charge in [0.15, 0.2) is 0 Å². The Hall–Kier alpha value is -2.19. The van der Waals surface area contributed by atoms with E-state index in [0.717, 1.165) is 11.2 Å². The topological polar surface area (TPSA) is 12.9 Å². The Balaban J connectivity index is 2.15. The molecule has 1 nitrogen and oxygen atoms in total. The molecule has 0 bridgehead atoms. The van der Waals surface area contributed by atoms with E-state index in [1.54, 1.807) is 0 Å². The van der Waals surface area contributed by atoms with E-state index in [-0.39, 0.29) is 0 Å². The van der Waals surface area contributed by atoms with Crippen molar-refractivity contribution in [3.63, 3.8) is 0 Å². The molecule has 0 aliphatic rings. The van der Waals surface area contributed by atoms with Crippen molar-refractivity contribution < 1.29 is 0 Å². The maximum absolute atomic E-state index is 4.98. The van der Waals surface area contributed by atoms with Gasteiger partial charge in [0.25, 0.3) is 0 Å². The Morgan fingerprint density at radius 2 is 1.55 bits per heavy atom. The summed E-state index contributed by atoms with van der Waals surface area (Å²) in [4.78, 5) is 6.31. The zero-order chi connectivity index (χ0) is 15.3. The second-order valence-electron chi connectivity index (χ2n) is 5.95. The first-order valence-corrected chi connectivity index (χ1v) is 8.31. The minimum Gasteiger partial charge on any atom is -0.246 e. The number of rotatable bonds is 1. The lowest BCUT2D eigenvalue weighted by molar-refractivity contribution is 1.36. The maximum Gasteiger partial charge on any atom is 0.0888 e. The number of aryl methyl sites for hydroxylation is 3. The van der Waals surface area contributed by atoms with Crippen LogP contribution in [0.2, 0.25) is 0 Å². The van der Waals surface area contributed by atoms with E-state index < -0.39 is 0 Å². The zero-order valence-electron chi connectivity index (χ0n) is 13.0. The Labute approximate surface area is 134 Å². The summed E-state index contributed by atoms with van der Waals surface area (Å²) in [5.74, 6) is 0. The summed E-state index contributed by atoms with van der Waals surface area (Å²) in [5, 5.41) is 2.57. The van der Waals surface area contributed by atoms with E-state index in [2.05, 4.69) is 69.3 Å². The van der Waals surface area contributed by atoms with Crippen molar-refractivity contribution in [2.24, 2.45) is 0 Å². The van der Waals surface area contributed by atoms with E-state index in [9.17, 15) is 0 Å². The molecule has 108 valence electrons. The van der Waals surface area contributed by atoms with E-state index >= 15 is 0 Å². The van der Waals surface area contributed by atoms with Gasteiger partial charge in [-0.1, -0.05) is 35.4 Å². The SMILES string of the molecule is Cc1cc(C)cc(-c2nc3ccccc3c3cc(C)sc23)c1. The molecule has 0 saturated carbocycles. The van der Waals surface area contributed by atoms with Gasteiger partial charge < -0.3 is 0 Å². The molecule has 2 aromatic carbocycles. The van der Waals surface area contributed by atoms with Gasteiger partial charge >= 0.3 is 0 Å². The highest BCUT2D eigenvalue weighted by atomic mass is 32.1. The number of thiophene rings is 1. The Morgan fingerprint density at radius 3 is 2.32 bits per heavy atom. The molecule has 2 heterocycles. The molecule has 0 aliphatic carbocycles. The second kappa shape index (κ2) is 4.92. The van der Waals surface area contributed by atoms with Crippen molar-refractivity contribution in [2.75, 3.05) is 0 Å². The summed E-state index contributed by atoms with van der Waals surface area (Å²) in [6, 6.07) is 17.4. The number of benzene rings is 2. The van der Waals surface area contributed by atoms with Crippen LogP contribution in [0.25, 0.3) is 32.2 Å². The molecule has 0 aliphatic heterocycles. The average Bonchev–Trinajstić information content (AvgIpc) is 2.87. The summed E-state index contributed by atoms with van der Waals surface area (Å²) >= 11 is 1.84. The predicted octanol–water partition coefficient (Wildman–Crippen LogP) is 6.04. The van der Waals surface area contributed by atoms with Crippen LogP contribution in [0.1, 0.15) is 16.0 Å². The minimum atomic E-state index is 1.07. The van der Waals surface area contributed by atoms with E-state index in [1.165, 1.54) is 37.0 Å². The summed E-state index contributed by atoms with van der Waals surface area (Å²) in [6.45, 7) is 6.47. The van der Waals surface area contributed by atoms with Gasteiger partial charge in [0.2, 0.25) is 0 Å². The molecular weight excluding hydrogens is 286 g/mol. The molecule has 0 amide bonds. The number of nitrogens with zero attached hydrogens (tertiary/aromatic N) is 1. The molecule has 0 radical (unpaired) electrons. The summed E-state index contributed by atoms with van der Waals surface area (Å²) < 4.78 is 1.29. The van der Waals surface area contributed by atoms with Gasteiger partial charge in [0.1, 0.15) is 0 Å². The van der Waals surface area contributed by atoms with Gasteiger partial charge in [0.05, 0.1) is 15.9 Å². The fourth-order valence-electron chi connectivity index (χ4n) is 3.17. The standard InChI is InChI=1S/C20H17NS/c1-12-8-13(2)10-15(9-12)19-20-17(11-14(3)22-20)16-6-4-5-7-18(16)21-19/h4-11H,1-3H3. The van der Waals surface area contributed by atoms with Gasteiger partial charge in [-0.15, -0.1) is 11.3 Å². The van der Waals surface area contributed by atoms with Crippen molar-refractivity contribution in [1.82, 2.24) is 4.98 Å². The first-order chi connectivity index (χ1) is 10.6. The monoisotopic (exact) mass is 303 g/mol. The number of hydrogen-bond acceptors (Lipinski definition) is 2. The second-order valence-corrected chi connectivity index (χ2v) is 7.21. The molecule has 22 heavy (non-hydrogen) atoms. The minimum absolute atomic E-state index is 1.07. The maximum atomic E-state index is 4.98. The largest absolute Gasteiger partial charge is 0.246 e. The van der Waals surface area contributed by atoms with Crippen LogP contribution >= 0.6 is 11.3 Å². The van der Waals surface area contributed by atoms with Crippen molar-refractivity contribution in [3.8, 4) is 11.3 Å². The molecule has 0 atom stereocenters. The number of fused-ring (bicyclic) bond motifs is 3. The van der Waals surface area contributed by atoms with Crippen LogP contribution in [-0.4, -0.2) is 4.98 Å². The normalized spacial score (nSPS) is 11.4. The molecule has 4 rings (SSSR count). The van der Waals surface area contributed by atoms with E-state index in [4.69, 9.17) is 4.98 Å². The molecule has 0 saturated heterocycles. The lowest BCUT2D eigenvalue weighted by Gasteiger charge is -2.08.